The minimum atomic E-state index is 0.501. The molecule has 0 aliphatic heterocycles. The first-order valence-electron chi connectivity index (χ1n) is 8.03. The van der Waals surface area contributed by atoms with Crippen LogP contribution in [0.15, 0.2) is 11.1 Å². The molecule has 1 spiro atoms. The molecule has 3 saturated carbocycles. The van der Waals surface area contributed by atoms with E-state index in [-0.39, 0.29) is 0 Å². The normalized spacial score (nSPS) is 28.8. The molecule has 3 aliphatic carbocycles. The lowest BCUT2D eigenvalue weighted by atomic mass is 9.76. The van der Waals surface area contributed by atoms with Crippen molar-refractivity contribution in [2.45, 2.75) is 83.5 Å². The topological polar surface area (TPSA) is 17.1 Å². The SMILES string of the molecule is O=C1CCCC(=C2CCCC23CCCC3)CCC1. The quantitative estimate of drug-likeness (QED) is 0.553. The summed E-state index contributed by atoms with van der Waals surface area (Å²) < 4.78 is 0. The fraction of sp³-hybridized carbons (Fsp3) is 0.824. The molecular weight excluding hydrogens is 220 g/mol. The zero-order chi connectivity index (χ0) is 12.4. The number of hydrogen-bond acceptors (Lipinski definition) is 1. The third-order valence-electron chi connectivity index (χ3n) is 5.58. The number of carbonyl (C=O) groups is 1. The van der Waals surface area contributed by atoms with Gasteiger partial charge in [0.05, 0.1) is 0 Å². The summed E-state index contributed by atoms with van der Waals surface area (Å²) in [4.78, 5) is 11.5. The van der Waals surface area contributed by atoms with Gasteiger partial charge in [-0.05, 0) is 63.2 Å². The van der Waals surface area contributed by atoms with Gasteiger partial charge in [-0.15, -0.1) is 0 Å². The average Bonchev–Trinajstić information content (AvgIpc) is 2.95. The molecule has 0 heterocycles. The van der Waals surface area contributed by atoms with Gasteiger partial charge in [0.25, 0.3) is 0 Å². The molecule has 0 aromatic carbocycles. The summed E-state index contributed by atoms with van der Waals surface area (Å²) in [5.74, 6) is 0.501. The molecule has 0 saturated heterocycles. The maximum atomic E-state index is 11.5. The fourth-order valence-electron chi connectivity index (χ4n) is 4.72. The third kappa shape index (κ3) is 2.29. The highest BCUT2D eigenvalue weighted by Crippen LogP contribution is 2.55. The first kappa shape index (κ1) is 12.4. The van der Waals surface area contributed by atoms with Gasteiger partial charge >= 0.3 is 0 Å². The Kier molecular flexibility index (Phi) is 3.59. The summed E-state index contributed by atoms with van der Waals surface area (Å²) in [6.07, 6.45) is 16.5. The van der Waals surface area contributed by atoms with Gasteiger partial charge < -0.3 is 0 Å². The zero-order valence-corrected chi connectivity index (χ0v) is 11.6. The van der Waals surface area contributed by atoms with Crippen LogP contribution < -0.4 is 0 Å². The third-order valence-corrected chi connectivity index (χ3v) is 5.58. The molecule has 1 nitrogen and oxygen atoms in total. The molecule has 0 amide bonds. The molecular formula is C17H26O. The monoisotopic (exact) mass is 246 g/mol. The van der Waals surface area contributed by atoms with Crippen LogP contribution in [-0.4, -0.2) is 5.78 Å². The predicted octanol–water partition coefficient (Wildman–Crippen LogP) is 4.95. The van der Waals surface area contributed by atoms with E-state index in [0.29, 0.717) is 11.2 Å². The highest BCUT2D eigenvalue weighted by Gasteiger charge is 2.41. The van der Waals surface area contributed by atoms with E-state index in [2.05, 4.69) is 0 Å². The lowest BCUT2D eigenvalue weighted by molar-refractivity contribution is -0.119. The fourth-order valence-corrected chi connectivity index (χ4v) is 4.72. The number of rotatable bonds is 0. The molecule has 3 rings (SSSR count). The van der Waals surface area contributed by atoms with Crippen molar-refractivity contribution in [2.24, 2.45) is 5.41 Å². The number of Topliss-reactive ketones (excluding diaryl/α,β-unsaturated/α-hetero) is 1. The molecule has 0 aromatic rings. The van der Waals surface area contributed by atoms with Gasteiger partial charge in [-0.25, -0.2) is 0 Å². The molecule has 0 atom stereocenters. The van der Waals surface area contributed by atoms with Crippen molar-refractivity contribution in [1.82, 2.24) is 0 Å². The molecule has 0 bridgehead atoms. The minimum Gasteiger partial charge on any atom is -0.300 e. The maximum Gasteiger partial charge on any atom is 0.132 e. The van der Waals surface area contributed by atoms with Crippen LogP contribution >= 0.6 is 0 Å². The molecule has 3 aliphatic rings. The van der Waals surface area contributed by atoms with Crippen molar-refractivity contribution in [2.75, 3.05) is 0 Å². The number of hydrogen-bond donors (Lipinski definition) is 0. The van der Waals surface area contributed by atoms with Crippen LogP contribution in [0.2, 0.25) is 0 Å². The van der Waals surface area contributed by atoms with Gasteiger partial charge in [0.15, 0.2) is 0 Å². The van der Waals surface area contributed by atoms with Gasteiger partial charge in [0.1, 0.15) is 5.78 Å². The van der Waals surface area contributed by atoms with E-state index in [4.69, 9.17) is 0 Å². The van der Waals surface area contributed by atoms with Gasteiger partial charge in [0.2, 0.25) is 0 Å². The first-order valence-corrected chi connectivity index (χ1v) is 8.03. The second-order valence-electron chi connectivity index (χ2n) is 6.67. The largest absolute Gasteiger partial charge is 0.300 e. The summed E-state index contributed by atoms with van der Waals surface area (Å²) in [5.41, 5.74) is 4.29. The zero-order valence-electron chi connectivity index (χ0n) is 11.6. The summed E-state index contributed by atoms with van der Waals surface area (Å²) in [7, 11) is 0. The van der Waals surface area contributed by atoms with Crippen molar-refractivity contribution >= 4 is 5.78 Å². The number of carbonyl (C=O) groups excluding carboxylic acids is 1. The van der Waals surface area contributed by atoms with Crippen LogP contribution in [0.3, 0.4) is 0 Å². The van der Waals surface area contributed by atoms with Gasteiger partial charge in [-0.3, -0.25) is 4.79 Å². The van der Waals surface area contributed by atoms with Crippen LogP contribution in [-0.2, 0) is 4.79 Å². The molecule has 1 heteroatoms. The van der Waals surface area contributed by atoms with E-state index < -0.39 is 0 Å². The Morgan fingerprint density at radius 3 is 1.94 bits per heavy atom. The number of allylic oxidation sites excluding steroid dienone is 2. The molecule has 18 heavy (non-hydrogen) atoms. The Bertz CT molecular complexity index is 338. The molecule has 3 fully saturated rings. The summed E-state index contributed by atoms with van der Waals surface area (Å²) >= 11 is 0. The van der Waals surface area contributed by atoms with Gasteiger partial charge in [-0.2, -0.15) is 0 Å². The van der Waals surface area contributed by atoms with Crippen LogP contribution in [0.1, 0.15) is 83.5 Å². The summed E-state index contributed by atoms with van der Waals surface area (Å²) in [6, 6.07) is 0. The second-order valence-corrected chi connectivity index (χ2v) is 6.67. The Morgan fingerprint density at radius 2 is 1.28 bits per heavy atom. The minimum absolute atomic E-state index is 0.501. The average molecular weight is 246 g/mol. The van der Waals surface area contributed by atoms with Crippen LogP contribution in [0.5, 0.6) is 0 Å². The Morgan fingerprint density at radius 1 is 0.667 bits per heavy atom. The standard InChI is InChI=1S/C17H26O/c18-15-8-3-6-14(7-4-9-15)16-10-5-13-17(16)11-1-2-12-17/h1-13H2. The number of ketones is 1. The summed E-state index contributed by atoms with van der Waals surface area (Å²) in [6.45, 7) is 0. The Balaban J connectivity index is 1.81. The van der Waals surface area contributed by atoms with Crippen molar-refractivity contribution < 1.29 is 4.79 Å². The van der Waals surface area contributed by atoms with Crippen molar-refractivity contribution in [1.29, 1.82) is 0 Å². The van der Waals surface area contributed by atoms with E-state index in [1.165, 1.54) is 57.8 Å². The summed E-state index contributed by atoms with van der Waals surface area (Å²) in [5, 5.41) is 0. The van der Waals surface area contributed by atoms with Crippen LogP contribution in [0.25, 0.3) is 0 Å². The van der Waals surface area contributed by atoms with Crippen LogP contribution in [0.4, 0.5) is 0 Å². The van der Waals surface area contributed by atoms with E-state index >= 15 is 0 Å². The van der Waals surface area contributed by atoms with Crippen molar-refractivity contribution in [3.63, 3.8) is 0 Å². The van der Waals surface area contributed by atoms with E-state index in [0.717, 1.165) is 25.7 Å². The molecule has 0 N–H and O–H groups in total. The van der Waals surface area contributed by atoms with E-state index in [9.17, 15) is 4.79 Å². The Hall–Kier alpha value is -0.590. The van der Waals surface area contributed by atoms with Crippen molar-refractivity contribution in [3.05, 3.63) is 11.1 Å². The smallest absolute Gasteiger partial charge is 0.132 e. The molecule has 0 aromatic heterocycles. The lowest BCUT2D eigenvalue weighted by Crippen LogP contribution is -2.16. The van der Waals surface area contributed by atoms with Gasteiger partial charge in [0, 0.05) is 12.8 Å². The highest BCUT2D eigenvalue weighted by molar-refractivity contribution is 5.78. The van der Waals surface area contributed by atoms with Crippen molar-refractivity contribution in [3.8, 4) is 0 Å². The predicted molar refractivity (Wildman–Crippen MR) is 74.5 cm³/mol. The molecule has 0 radical (unpaired) electrons. The van der Waals surface area contributed by atoms with E-state index in [1.807, 2.05) is 5.57 Å². The van der Waals surface area contributed by atoms with Crippen LogP contribution in [0, 0.1) is 5.41 Å². The lowest BCUT2D eigenvalue weighted by Gasteiger charge is -2.29. The molecule has 0 unspecified atom stereocenters. The molecule has 100 valence electrons. The maximum absolute atomic E-state index is 11.5. The Labute approximate surface area is 111 Å². The van der Waals surface area contributed by atoms with E-state index in [1.54, 1.807) is 5.57 Å². The first-order chi connectivity index (χ1) is 8.80. The second kappa shape index (κ2) is 5.19. The van der Waals surface area contributed by atoms with Gasteiger partial charge in [-0.1, -0.05) is 24.0 Å². The highest BCUT2D eigenvalue weighted by atomic mass is 16.1.